The number of nitrogens with one attached hydrogen (secondary N) is 1. The fraction of sp³-hybridized carbons (Fsp3) is 0.0625. The van der Waals surface area contributed by atoms with Crippen LogP contribution in [-0.2, 0) is 0 Å². The summed E-state index contributed by atoms with van der Waals surface area (Å²) in [6.45, 7) is 0. The Kier molecular flexibility index (Phi) is 3.79. The van der Waals surface area contributed by atoms with Crippen LogP contribution in [-0.4, -0.2) is 24.0 Å². The zero-order valence-corrected chi connectivity index (χ0v) is 12.9. The van der Waals surface area contributed by atoms with E-state index in [1.54, 1.807) is 31.4 Å². The summed E-state index contributed by atoms with van der Waals surface area (Å²) in [6, 6.07) is 11.6. The first-order chi connectivity index (χ1) is 11.0. The van der Waals surface area contributed by atoms with Crippen molar-refractivity contribution in [1.29, 1.82) is 5.41 Å². The van der Waals surface area contributed by atoms with Crippen molar-refractivity contribution in [2.24, 2.45) is 0 Å². The molecule has 23 heavy (non-hydrogen) atoms. The molecule has 1 heterocycles. The lowest BCUT2D eigenvalue weighted by Gasteiger charge is -2.17. The average molecular weight is 329 g/mol. The van der Waals surface area contributed by atoms with E-state index >= 15 is 0 Å². The van der Waals surface area contributed by atoms with Gasteiger partial charge in [0.1, 0.15) is 11.6 Å². The van der Waals surface area contributed by atoms with Crippen molar-refractivity contribution < 1.29 is 13.9 Å². The topological polar surface area (TPSA) is 56.6 Å². The second-order valence-electron chi connectivity index (χ2n) is 4.78. The van der Waals surface area contributed by atoms with Crippen molar-refractivity contribution in [3.63, 3.8) is 0 Å². The fourth-order valence-corrected chi connectivity index (χ4v) is 2.55. The van der Waals surface area contributed by atoms with Gasteiger partial charge in [0.2, 0.25) is 0 Å². The molecule has 0 spiro atoms. The molecule has 7 heteroatoms. The van der Waals surface area contributed by atoms with Crippen LogP contribution in [0.2, 0.25) is 0 Å². The quantitative estimate of drug-likeness (QED) is 0.876. The number of anilines is 2. The summed E-state index contributed by atoms with van der Waals surface area (Å²) in [5.74, 6) is 0.116. The Labute approximate surface area is 137 Å². The van der Waals surface area contributed by atoms with Gasteiger partial charge in [-0.05, 0) is 48.5 Å². The van der Waals surface area contributed by atoms with E-state index in [1.807, 2.05) is 0 Å². The number of carbonyl (C=O) groups excluding carboxylic acids is 1. The lowest BCUT2D eigenvalue weighted by molar-refractivity contribution is 0.257. The van der Waals surface area contributed by atoms with E-state index in [-0.39, 0.29) is 10.8 Å². The van der Waals surface area contributed by atoms with Crippen molar-refractivity contribution in [1.82, 2.24) is 0 Å². The van der Waals surface area contributed by atoms with Gasteiger partial charge in [0.15, 0.2) is 10.8 Å². The van der Waals surface area contributed by atoms with E-state index in [1.165, 1.54) is 29.2 Å². The van der Waals surface area contributed by atoms with Crippen molar-refractivity contribution >= 4 is 40.4 Å². The fourth-order valence-electron chi connectivity index (χ4n) is 2.27. The molecule has 0 saturated carbocycles. The summed E-state index contributed by atoms with van der Waals surface area (Å²) in [7, 11) is 1.55. The Balaban J connectivity index is 1.97. The third-order valence-corrected chi connectivity index (χ3v) is 3.80. The zero-order chi connectivity index (χ0) is 16.6. The first-order valence-electron chi connectivity index (χ1n) is 6.69. The molecule has 5 nitrogen and oxygen atoms in total. The van der Waals surface area contributed by atoms with Crippen LogP contribution in [0.25, 0.3) is 0 Å². The molecule has 1 N–H and O–H groups in total. The largest absolute Gasteiger partial charge is 0.497 e. The highest BCUT2D eigenvalue weighted by Crippen LogP contribution is 2.29. The minimum atomic E-state index is -0.475. The molecule has 0 atom stereocenters. The zero-order valence-electron chi connectivity index (χ0n) is 12.1. The minimum absolute atomic E-state index is 0.0875. The van der Waals surface area contributed by atoms with Crippen molar-refractivity contribution in [3.05, 3.63) is 54.3 Å². The molecule has 1 saturated heterocycles. The molecule has 0 unspecified atom stereocenters. The molecule has 0 bridgehead atoms. The smallest absolute Gasteiger partial charge is 0.340 e. The van der Waals surface area contributed by atoms with Crippen LogP contribution in [0.3, 0.4) is 0 Å². The third-order valence-electron chi connectivity index (χ3n) is 3.43. The molecule has 2 aromatic rings. The van der Waals surface area contributed by atoms with Gasteiger partial charge < -0.3 is 4.74 Å². The van der Waals surface area contributed by atoms with Gasteiger partial charge in [0.05, 0.1) is 18.5 Å². The molecule has 3 rings (SSSR count). The first-order valence-corrected chi connectivity index (χ1v) is 7.10. The van der Waals surface area contributed by atoms with Gasteiger partial charge in [-0.15, -0.1) is 0 Å². The molecule has 0 aliphatic carbocycles. The van der Waals surface area contributed by atoms with Crippen LogP contribution >= 0.6 is 12.2 Å². The number of nitrogens with zero attached hydrogens (tertiary/aromatic N) is 2. The Morgan fingerprint density at radius 1 is 1.00 bits per heavy atom. The highest BCUT2D eigenvalue weighted by molar-refractivity contribution is 7.82. The monoisotopic (exact) mass is 329 g/mol. The predicted molar refractivity (Wildman–Crippen MR) is 90.1 cm³/mol. The summed E-state index contributed by atoms with van der Waals surface area (Å²) in [5.41, 5.74) is 0.926. The number of ether oxygens (including phenoxy) is 1. The van der Waals surface area contributed by atoms with E-state index in [0.29, 0.717) is 17.1 Å². The SMILES string of the molecule is COc1ccc(N2C(=O)N(c3ccc(F)cc3)C(=N)C2=S)cc1. The van der Waals surface area contributed by atoms with Crippen molar-refractivity contribution in [3.8, 4) is 5.75 Å². The summed E-state index contributed by atoms with van der Waals surface area (Å²) >= 11 is 5.22. The minimum Gasteiger partial charge on any atom is -0.497 e. The molecular weight excluding hydrogens is 317 g/mol. The Bertz CT molecular complexity index is 790. The number of carbonyl (C=O) groups is 1. The Morgan fingerprint density at radius 2 is 1.52 bits per heavy atom. The number of halogens is 1. The van der Waals surface area contributed by atoms with Gasteiger partial charge in [-0.2, -0.15) is 0 Å². The average Bonchev–Trinajstić information content (AvgIpc) is 2.78. The standard InChI is InChI=1S/C16H12FN3O2S/c1-22-13-8-6-12(7-9-13)20-15(23)14(18)19(16(20)21)11-4-2-10(17)3-5-11/h2-9,18H,1H3. The molecule has 1 aliphatic heterocycles. The number of amides is 2. The Morgan fingerprint density at radius 3 is 2.09 bits per heavy atom. The van der Waals surface area contributed by atoms with Crippen LogP contribution in [0, 0.1) is 11.2 Å². The highest BCUT2D eigenvalue weighted by Gasteiger charge is 2.40. The van der Waals surface area contributed by atoms with Gasteiger partial charge in [0, 0.05) is 0 Å². The van der Waals surface area contributed by atoms with Gasteiger partial charge in [-0.3, -0.25) is 5.41 Å². The van der Waals surface area contributed by atoms with E-state index in [4.69, 9.17) is 22.4 Å². The molecule has 2 amide bonds. The molecular formula is C16H12FN3O2S. The maximum absolute atomic E-state index is 13.1. The Hall–Kier alpha value is -2.80. The molecule has 0 radical (unpaired) electrons. The first kappa shape index (κ1) is 15.1. The molecule has 0 aromatic heterocycles. The number of hydrogen-bond donors (Lipinski definition) is 1. The predicted octanol–water partition coefficient (Wildman–Crippen LogP) is 3.59. The lowest BCUT2D eigenvalue weighted by Crippen LogP contribution is -2.33. The highest BCUT2D eigenvalue weighted by atomic mass is 32.1. The van der Waals surface area contributed by atoms with Crippen LogP contribution in [0.4, 0.5) is 20.6 Å². The van der Waals surface area contributed by atoms with Gasteiger partial charge in [-0.1, -0.05) is 12.2 Å². The number of benzene rings is 2. The number of thiocarbonyl (C=S) groups is 1. The number of hydrogen-bond acceptors (Lipinski definition) is 4. The van der Waals surface area contributed by atoms with Crippen LogP contribution < -0.4 is 14.5 Å². The van der Waals surface area contributed by atoms with Crippen LogP contribution in [0.1, 0.15) is 0 Å². The summed E-state index contributed by atoms with van der Waals surface area (Å²) in [4.78, 5) is 15.2. The number of amidine groups is 1. The molecule has 1 fully saturated rings. The van der Waals surface area contributed by atoms with Gasteiger partial charge in [-0.25, -0.2) is 19.0 Å². The number of rotatable bonds is 3. The van der Waals surface area contributed by atoms with E-state index in [0.717, 1.165) is 4.90 Å². The van der Waals surface area contributed by atoms with E-state index < -0.39 is 11.8 Å². The molecule has 2 aromatic carbocycles. The van der Waals surface area contributed by atoms with E-state index in [2.05, 4.69) is 0 Å². The number of methoxy groups -OCH3 is 1. The van der Waals surface area contributed by atoms with E-state index in [9.17, 15) is 9.18 Å². The van der Waals surface area contributed by atoms with Crippen molar-refractivity contribution in [2.45, 2.75) is 0 Å². The molecule has 116 valence electrons. The second-order valence-corrected chi connectivity index (χ2v) is 5.17. The van der Waals surface area contributed by atoms with Gasteiger partial charge in [0.25, 0.3) is 0 Å². The summed E-state index contributed by atoms with van der Waals surface area (Å²) < 4.78 is 18.1. The second kappa shape index (κ2) is 5.77. The lowest BCUT2D eigenvalue weighted by atomic mass is 10.3. The normalized spacial score (nSPS) is 14.6. The van der Waals surface area contributed by atoms with Crippen LogP contribution in [0.5, 0.6) is 5.75 Å². The van der Waals surface area contributed by atoms with Crippen LogP contribution in [0.15, 0.2) is 48.5 Å². The number of urea groups is 1. The maximum Gasteiger partial charge on any atom is 0.340 e. The maximum atomic E-state index is 13.1. The molecule has 1 aliphatic rings. The third kappa shape index (κ3) is 2.55. The summed E-state index contributed by atoms with van der Waals surface area (Å²) in [6.07, 6.45) is 0. The van der Waals surface area contributed by atoms with Crippen molar-refractivity contribution in [2.75, 3.05) is 16.9 Å². The summed E-state index contributed by atoms with van der Waals surface area (Å²) in [5, 5.41) is 8.10. The van der Waals surface area contributed by atoms with Gasteiger partial charge >= 0.3 is 6.03 Å².